The van der Waals surface area contributed by atoms with E-state index in [1.54, 1.807) is 4.90 Å². The molecule has 1 aromatic carbocycles. The molecule has 8 nitrogen and oxygen atoms in total. The number of nitrogens with zero attached hydrogens (tertiary/aromatic N) is 3. The minimum absolute atomic E-state index is 0.0654. The second-order valence-corrected chi connectivity index (χ2v) is 4.25. The van der Waals surface area contributed by atoms with E-state index in [2.05, 4.69) is 0 Å². The van der Waals surface area contributed by atoms with Crippen molar-refractivity contribution >= 4 is 18.2 Å². The second-order valence-electron chi connectivity index (χ2n) is 4.25. The Bertz CT molecular complexity index is 508. The number of carbonyl (C=O) groups is 2. The highest BCUT2D eigenvalue weighted by molar-refractivity contribution is 5.71. The summed E-state index contributed by atoms with van der Waals surface area (Å²) in [4.78, 5) is 35.4. The van der Waals surface area contributed by atoms with Crippen LogP contribution in [0.5, 0.6) is 5.75 Å². The van der Waals surface area contributed by atoms with Crippen molar-refractivity contribution in [1.82, 2.24) is 9.80 Å². The molecule has 0 radical (unpaired) electrons. The van der Waals surface area contributed by atoms with Gasteiger partial charge in [0, 0.05) is 38.3 Å². The summed E-state index contributed by atoms with van der Waals surface area (Å²) in [6.45, 7) is 1.76. The Kier molecular flexibility index (Phi) is 4.14. The van der Waals surface area contributed by atoms with Gasteiger partial charge in [-0.15, -0.1) is 0 Å². The number of hydrogen-bond donors (Lipinski definition) is 0. The number of hydrogen-bond acceptors (Lipinski definition) is 5. The summed E-state index contributed by atoms with van der Waals surface area (Å²) in [5, 5.41) is 10.5. The molecule has 0 saturated carbocycles. The average Bonchev–Trinajstić information content (AvgIpc) is 2.48. The highest BCUT2D eigenvalue weighted by Gasteiger charge is 2.21. The number of nitro benzene ring substituents is 1. The molecule has 1 aromatic rings. The van der Waals surface area contributed by atoms with Gasteiger partial charge in [0.2, 0.25) is 6.41 Å². The maximum Gasteiger partial charge on any atom is 0.415 e. The van der Waals surface area contributed by atoms with Gasteiger partial charge in [0.05, 0.1) is 4.92 Å². The van der Waals surface area contributed by atoms with Crippen LogP contribution in [0.1, 0.15) is 0 Å². The van der Waals surface area contributed by atoms with Crippen LogP contribution >= 0.6 is 0 Å². The van der Waals surface area contributed by atoms with Crippen molar-refractivity contribution in [2.45, 2.75) is 0 Å². The molecule has 2 amide bonds. The molecule has 1 saturated heterocycles. The SMILES string of the molecule is O=CN1CCN(C(=O)Oc2ccc([N+](=O)[O-])cc2)CC1. The third kappa shape index (κ3) is 3.22. The van der Waals surface area contributed by atoms with Crippen molar-refractivity contribution in [2.24, 2.45) is 0 Å². The molecule has 1 heterocycles. The molecule has 0 unspecified atom stereocenters. The van der Waals surface area contributed by atoms with Gasteiger partial charge in [-0.3, -0.25) is 14.9 Å². The molecule has 0 spiro atoms. The maximum absolute atomic E-state index is 11.8. The van der Waals surface area contributed by atoms with Crippen LogP contribution in [0.2, 0.25) is 0 Å². The lowest BCUT2D eigenvalue weighted by molar-refractivity contribution is -0.384. The minimum Gasteiger partial charge on any atom is -0.410 e. The van der Waals surface area contributed by atoms with Gasteiger partial charge in [-0.05, 0) is 12.1 Å². The van der Waals surface area contributed by atoms with Gasteiger partial charge in [0.15, 0.2) is 0 Å². The molecule has 0 aromatic heterocycles. The fourth-order valence-corrected chi connectivity index (χ4v) is 1.81. The summed E-state index contributed by atoms with van der Waals surface area (Å²) in [5.74, 6) is 0.249. The first-order valence-electron chi connectivity index (χ1n) is 6.00. The number of carbonyl (C=O) groups excluding carboxylic acids is 2. The predicted octanol–water partition coefficient (Wildman–Crippen LogP) is 0.868. The van der Waals surface area contributed by atoms with Gasteiger partial charge >= 0.3 is 6.09 Å². The monoisotopic (exact) mass is 279 g/mol. The van der Waals surface area contributed by atoms with Gasteiger partial charge in [-0.1, -0.05) is 0 Å². The van der Waals surface area contributed by atoms with E-state index in [1.807, 2.05) is 0 Å². The smallest absolute Gasteiger partial charge is 0.410 e. The normalized spacial score (nSPS) is 14.8. The minimum atomic E-state index is -0.524. The Balaban J connectivity index is 1.91. The van der Waals surface area contributed by atoms with Crippen LogP contribution in [0.4, 0.5) is 10.5 Å². The summed E-state index contributed by atoms with van der Waals surface area (Å²) >= 11 is 0. The van der Waals surface area contributed by atoms with Crippen molar-refractivity contribution < 1.29 is 19.2 Å². The number of benzene rings is 1. The van der Waals surface area contributed by atoms with Crippen molar-refractivity contribution in [1.29, 1.82) is 0 Å². The third-order valence-corrected chi connectivity index (χ3v) is 2.97. The van der Waals surface area contributed by atoms with E-state index in [1.165, 1.54) is 29.2 Å². The number of piperazine rings is 1. The lowest BCUT2D eigenvalue weighted by Gasteiger charge is -2.31. The summed E-state index contributed by atoms with van der Waals surface area (Å²) in [6, 6.07) is 5.29. The largest absolute Gasteiger partial charge is 0.415 e. The topological polar surface area (TPSA) is 93.0 Å². The zero-order valence-electron chi connectivity index (χ0n) is 10.6. The first kappa shape index (κ1) is 13.8. The second kappa shape index (κ2) is 6.00. The number of amides is 2. The van der Waals surface area contributed by atoms with E-state index in [9.17, 15) is 19.7 Å². The highest BCUT2D eigenvalue weighted by atomic mass is 16.6. The summed E-state index contributed by atoms with van der Waals surface area (Å²) in [5.41, 5.74) is -0.0654. The van der Waals surface area contributed by atoms with E-state index in [-0.39, 0.29) is 11.4 Å². The number of nitro groups is 1. The van der Waals surface area contributed by atoms with Crippen LogP contribution in [0, 0.1) is 10.1 Å². The Hall–Kier alpha value is -2.64. The van der Waals surface area contributed by atoms with Crippen LogP contribution in [0.3, 0.4) is 0 Å². The zero-order chi connectivity index (χ0) is 14.5. The van der Waals surface area contributed by atoms with Gasteiger partial charge in [0.25, 0.3) is 5.69 Å². The summed E-state index contributed by atoms with van der Waals surface area (Å²) in [7, 11) is 0. The fourth-order valence-electron chi connectivity index (χ4n) is 1.81. The standard InChI is InChI=1S/C12H13N3O5/c16-9-13-5-7-14(8-6-13)12(17)20-11-3-1-10(2-4-11)15(18)19/h1-4,9H,5-8H2. The quantitative estimate of drug-likeness (QED) is 0.465. The number of rotatable bonds is 3. The molecule has 106 valence electrons. The van der Waals surface area contributed by atoms with Gasteiger partial charge < -0.3 is 14.5 Å². The van der Waals surface area contributed by atoms with E-state index in [0.717, 1.165) is 6.41 Å². The van der Waals surface area contributed by atoms with Crippen LogP contribution in [0.25, 0.3) is 0 Å². The Morgan fingerprint density at radius 3 is 2.30 bits per heavy atom. The van der Waals surface area contributed by atoms with E-state index < -0.39 is 11.0 Å². The van der Waals surface area contributed by atoms with E-state index >= 15 is 0 Å². The van der Waals surface area contributed by atoms with Crippen molar-refractivity contribution in [3.63, 3.8) is 0 Å². The fraction of sp³-hybridized carbons (Fsp3) is 0.333. The van der Waals surface area contributed by atoms with Crippen molar-refractivity contribution in [2.75, 3.05) is 26.2 Å². The van der Waals surface area contributed by atoms with Gasteiger partial charge in [-0.25, -0.2) is 4.79 Å². The van der Waals surface area contributed by atoms with Gasteiger partial charge in [-0.2, -0.15) is 0 Å². The molecule has 8 heteroatoms. The van der Waals surface area contributed by atoms with Crippen molar-refractivity contribution in [3.05, 3.63) is 34.4 Å². The van der Waals surface area contributed by atoms with Crippen LogP contribution in [0.15, 0.2) is 24.3 Å². The molecule has 0 aliphatic carbocycles. The molecular weight excluding hydrogens is 266 g/mol. The Labute approximate surface area is 114 Å². The molecule has 1 aliphatic rings. The summed E-state index contributed by atoms with van der Waals surface area (Å²) < 4.78 is 5.12. The van der Waals surface area contributed by atoms with E-state index in [0.29, 0.717) is 26.2 Å². The van der Waals surface area contributed by atoms with E-state index in [4.69, 9.17) is 4.74 Å². The first-order valence-corrected chi connectivity index (χ1v) is 6.00. The predicted molar refractivity (Wildman–Crippen MR) is 68.3 cm³/mol. The molecule has 1 fully saturated rings. The lowest BCUT2D eigenvalue weighted by Crippen LogP contribution is -2.49. The highest BCUT2D eigenvalue weighted by Crippen LogP contribution is 2.18. The number of ether oxygens (including phenoxy) is 1. The zero-order valence-corrected chi connectivity index (χ0v) is 10.6. The van der Waals surface area contributed by atoms with Crippen LogP contribution < -0.4 is 4.74 Å². The van der Waals surface area contributed by atoms with Crippen molar-refractivity contribution in [3.8, 4) is 5.75 Å². The number of non-ortho nitro benzene ring substituents is 1. The van der Waals surface area contributed by atoms with Crippen LogP contribution in [-0.2, 0) is 4.79 Å². The molecule has 0 N–H and O–H groups in total. The lowest BCUT2D eigenvalue weighted by atomic mass is 10.3. The molecule has 20 heavy (non-hydrogen) atoms. The summed E-state index contributed by atoms with van der Waals surface area (Å²) in [6.07, 6.45) is 0.225. The maximum atomic E-state index is 11.8. The van der Waals surface area contributed by atoms with Crippen LogP contribution in [-0.4, -0.2) is 53.4 Å². The molecule has 0 atom stereocenters. The Morgan fingerprint density at radius 1 is 1.20 bits per heavy atom. The molecule has 0 bridgehead atoms. The average molecular weight is 279 g/mol. The Morgan fingerprint density at radius 2 is 1.80 bits per heavy atom. The first-order chi connectivity index (χ1) is 9.60. The molecular formula is C12H13N3O5. The molecule has 2 rings (SSSR count). The molecule has 1 aliphatic heterocycles. The van der Waals surface area contributed by atoms with Gasteiger partial charge in [0.1, 0.15) is 5.75 Å². The third-order valence-electron chi connectivity index (χ3n) is 2.97.